The molecule has 0 aliphatic carbocycles. The van der Waals surface area contributed by atoms with Crippen LogP contribution in [0.5, 0.6) is 0 Å². The quantitative estimate of drug-likeness (QED) is 0.628. The Labute approximate surface area is 160 Å². The van der Waals surface area contributed by atoms with Crippen LogP contribution in [0.4, 0.5) is 5.69 Å². The summed E-state index contributed by atoms with van der Waals surface area (Å²) in [5.74, 6) is 0.108. The van der Waals surface area contributed by atoms with Crippen molar-refractivity contribution in [2.75, 3.05) is 31.5 Å². The first-order valence-corrected chi connectivity index (χ1v) is 10.6. The van der Waals surface area contributed by atoms with Crippen molar-refractivity contribution in [2.24, 2.45) is 17.0 Å². The number of rotatable bonds is 7. The normalized spacial score (nSPS) is 18.3. The maximum Gasteiger partial charge on any atom is 0.238 e. The van der Waals surface area contributed by atoms with E-state index < -0.39 is 10.0 Å². The zero-order valence-electron chi connectivity index (χ0n) is 15.8. The molecule has 1 atom stereocenters. The summed E-state index contributed by atoms with van der Waals surface area (Å²) in [6.45, 7) is 6.11. The Morgan fingerprint density at radius 3 is 2.74 bits per heavy atom. The molecule has 2 amide bonds. The lowest BCUT2D eigenvalue weighted by atomic mass is 9.97. The van der Waals surface area contributed by atoms with Gasteiger partial charge >= 0.3 is 0 Å². The molecule has 27 heavy (non-hydrogen) atoms. The van der Waals surface area contributed by atoms with Crippen molar-refractivity contribution in [3.63, 3.8) is 0 Å². The highest BCUT2D eigenvalue weighted by Gasteiger charge is 2.22. The molecule has 1 aliphatic rings. The van der Waals surface area contributed by atoms with Gasteiger partial charge in [-0.2, -0.15) is 0 Å². The number of carbonyl (C=O) groups is 2. The Morgan fingerprint density at radius 1 is 1.33 bits per heavy atom. The van der Waals surface area contributed by atoms with Crippen LogP contribution in [0.3, 0.4) is 0 Å². The Kier molecular flexibility index (Phi) is 7.34. The Hall–Kier alpha value is -1.97. The third kappa shape index (κ3) is 6.93. The van der Waals surface area contributed by atoms with Gasteiger partial charge in [-0.15, -0.1) is 0 Å². The highest BCUT2D eigenvalue weighted by molar-refractivity contribution is 7.89. The topological polar surface area (TPSA) is 122 Å². The molecular formula is C18H28N4O4S. The van der Waals surface area contributed by atoms with E-state index in [0.717, 1.165) is 25.9 Å². The van der Waals surface area contributed by atoms with Crippen molar-refractivity contribution in [3.8, 4) is 0 Å². The number of nitrogens with one attached hydrogen (secondary N) is 2. The lowest BCUT2D eigenvalue weighted by molar-refractivity contribution is -0.124. The standard InChI is InChI=1S/C18H28N4O4S/c1-13(2)18(24)20-10-14-5-4-8-22(11-14)12-17(23)21-15-6-3-7-16(9-15)27(19,25)26/h3,6-7,9,13-14H,4-5,8,10-12H2,1-2H3,(H,20,24)(H,21,23)(H2,19,25,26). The summed E-state index contributed by atoms with van der Waals surface area (Å²) in [7, 11) is -3.81. The summed E-state index contributed by atoms with van der Waals surface area (Å²) in [5, 5.41) is 10.8. The SMILES string of the molecule is CC(C)C(=O)NCC1CCCN(CC(=O)Nc2cccc(S(N)(=O)=O)c2)C1. The first-order valence-electron chi connectivity index (χ1n) is 9.08. The molecule has 1 aromatic carbocycles. The Bertz CT molecular complexity index is 779. The highest BCUT2D eigenvalue weighted by Crippen LogP contribution is 2.17. The fraction of sp³-hybridized carbons (Fsp3) is 0.556. The van der Waals surface area contributed by atoms with E-state index in [0.29, 0.717) is 18.2 Å². The van der Waals surface area contributed by atoms with Crippen molar-refractivity contribution >= 4 is 27.5 Å². The highest BCUT2D eigenvalue weighted by atomic mass is 32.2. The fourth-order valence-electron chi connectivity index (χ4n) is 3.07. The minimum atomic E-state index is -3.81. The number of carbonyl (C=O) groups excluding carboxylic acids is 2. The van der Waals surface area contributed by atoms with E-state index in [9.17, 15) is 18.0 Å². The van der Waals surface area contributed by atoms with Crippen LogP contribution >= 0.6 is 0 Å². The second kappa shape index (κ2) is 9.29. The van der Waals surface area contributed by atoms with Gasteiger partial charge in [0.05, 0.1) is 11.4 Å². The number of hydrogen-bond donors (Lipinski definition) is 3. The summed E-state index contributed by atoms with van der Waals surface area (Å²) < 4.78 is 22.8. The summed E-state index contributed by atoms with van der Waals surface area (Å²) in [4.78, 5) is 26.0. The number of piperidine rings is 1. The Morgan fingerprint density at radius 2 is 2.07 bits per heavy atom. The molecule has 0 aromatic heterocycles. The number of amides is 2. The van der Waals surface area contributed by atoms with Gasteiger partial charge in [-0.3, -0.25) is 14.5 Å². The molecule has 2 rings (SSSR count). The molecule has 0 saturated carbocycles. The monoisotopic (exact) mass is 396 g/mol. The second-order valence-electron chi connectivity index (χ2n) is 7.26. The first kappa shape index (κ1) is 21.3. The summed E-state index contributed by atoms with van der Waals surface area (Å²) in [6, 6.07) is 5.87. The average Bonchev–Trinajstić information content (AvgIpc) is 2.59. The van der Waals surface area contributed by atoms with Crippen LogP contribution in [-0.4, -0.2) is 51.3 Å². The summed E-state index contributed by atoms with van der Waals surface area (Å²) in [6.07, 6.45) is 1.99. The number of anilines is 1. The number of benzene rings is 1. The smallest absolute Gasteiger partial charge is 0.238 e. The molecule has 1 saturated heterocycles. The molecule has 0 radical (unpaired) electrons. The summed E-state index contributed by atoms with van der Waals surface area (Å²) >= 11 is 0. The Balaban J connectivity index is 1.85. The zero-order valence-corrected chi connectivity index (χ0v) is 16.6. The minimum Gasteiger partial charge on any atom is -0.356 e. The number of likely N-dealkylation sites (tertiary alicyclic amines) is 1. The predicted molar refractivity (Wildman–Crippen MR) is 103 cm³/mol. The van der Waals surface area contributed by atoms with Crippen molar-refractivity contribution in [3.05, 3.63) is 24.3 Å². The predicted octanol–water partition coefficient (Wildman–Crippen LogP) is 0.757. The van der Waals surface area contributed by atoms with Gasteiger partial charge in [-0.1, -0.05) is 19.9 Å². The van der Waals surface area contributed by atoms with Crippen LogP contribution < -0.4 is 15.8 Å². The van der Waals surface area contributed by atoms with E-state index in [-0.39, 0.29) is 29.2 Å². The van der Waals surface area contributed by atoms with Crippen molar-refractivity contribution in [2.45, 2.75) is 31.6 Å². The molecule has 0 spiro atoms. The van der Waals surface area contributed by atoms with Gasteiger partial charge in [0, 0.05) is 24.7 Å². The number of sulfonamides is 1. The van der Waals surface area contributed by atoms with Crippen molar-refractivity contribution in [1.29, 1.82) is 0 Å². The molecule has 1 fully saturated rings. The number of nitrogens with two attached hydrogens (primary N) is 1. The van der Waals surface area contributed by atoms with E-state index in [1.807, 2.05) is 13.8 Å². The van der Waals surface area contributed by atoms with Crippen LogP contribution in [0.25, 0.3) is 0 Å². The van der Waals surface area contributed by atoms with E-state index in [2.05, 4.69) is 15.5 Å². The number of primary sulfonamides is 1. The van der Waals surface area contributed by atoms with Crippen molar-refractivity contribution < 1.29 is 18.0 Å². The molecule has 8 nitrogen and oxygen atoms in total. The number of hydrogen-bond acceptors (Lipinski definition) is 5. The van der Waals surface area contributed by atoms with Crippen LogP contribution in [-0.2, 0) is 19.6 Å². The van der Waals surface area contributed by atoms with Crippen LogP contribution in [0.15, 0.2) is 29.2 Å². The molecule has 1 heterocycles. The molecule has 4 N–H and O–H groups in total. The molecular weight excluding hydrogens is 368 g/mol. The van der Waals surface area contributed by atoms with Gasteiger partial charge in [0.1, 0.15) is 0 Å². The first-order chi connectivity index (χ1) is 12.6. The van der Waals surface area contributed by atoms with E-state index in [4.69, 9.17) is 5.14 Å². The molecule has 1 unspecified atom stereocenters. The van der Waals surface area contributed by atoms with Gasteiger partial charge in [0.2, 0.25) is 21.8 Å². The van der Waals surface area contributed by atoms with Gasteiger partial charge < -0.3 is 10.6 Å². The lowest BCUT2D eigenvalue weighted by Crippen LogP contribution is -2.44. The number of nitrogens with zero attached hydrogens (tertiary/aromatic N) is 1. The summed E-state index contributed by atoms with van der Waals surface area (Å²) in [5.41, 5.74) is 0.393. The van der Waals surface area contributed by atoms with Crippen LogP contribution in [0.1, 0.15) is 26.7 Å². The lowest BCUT2D eigenvalue weighted by Gasteiger charge is -2.32. The largest absolute Gasteiger partial charge is 0.356 e. The third-order valence-electron chi connectivity index (χ3n) is 4.51. The third-order valence-corrected chi connectivity index (χ3v) is 5.42. The fourth-order valence-corrected chi connectivity index (χ4v) is 3.62. The average molecular weight is 397 g/mol. The zero-order chi connectivity index (χ0) is 20.0. The molecule has 0 bridgehead atoms. The minimum absolute atomic E-state index is 0.0384. The van der Waals surface area contributed by atoms with Crippen LogP contribution in [0, 0.1) is 11.8 Å². The second-order valence-corrected chi connectivity index (χ2v) is 8.83. The van der Waals surface area contributed by atoms with Gasteiger partial charge in [0.25, 0.3) is 0 Å². The van der Waals surface area contributed by atoms with Crippen molar-refractivity contribution in [1.82, 2.24) is 10.2 Å². The maximum absolute atomic E-state index is 12.3. The van der Waals surface area contributed by atoms with E-state index in [1.165, 1.54) is 18.2 Å². The van der Waals surface area contributed by atoms with Gasteiger partial charge in [0.15, 0.2) is 0 Å². The molecule has 1 aliphatic heterocycles. The molecule has 1 aromatic rings. The van der Waals surface area contributed by atoms with Gasteiger partial charge in [-0.25, -0.2) is 13.6 Å². The van der Waals surface area contributed by atoms with Crippen LogP contribution in [0.2, 0.25) is 0 Å². The van der Waals surface area contributed by atoms with E-state index in [1.54, 1.807) is 6.07 Å². The molecule has 150 valence electrons. The molecule has 9 heteroatoms. The van der Waals surface area contributed by atoms with Gasteiger partial charge in [-0.05, 0) is 43.5 Å². The van der Waals surface area contributed by atoms with E-state index >= 15 is 0 Å². The maximum atomic E-state index is 12.3.